The first-order valence-corrected chi connectivity index (χ1v) is 7.08. The van der Waals surface area contributed by atoms with Crippen molar-refractivity contribution in [2.75, 3.05) is 0 Å². The van der Waals surface area contributed by atoms with E-state index in [1.165, 1.54) is 10.9 Å². The molecule has 0 bridgehead atoms. The number of carbonyl (C=O) groups excluding carboxylic acids is 1. The third-order valence-corrected chi connectivity index (χ3v) is 4.06. The van der Waals surface area contributed by atoms with Crippen LogP contribution in [0, 0.1) is 10.5 Å². The average Bonchev–Trinajstić information content (AvgIpc) is 2.36. The molecule has 0 fully saturated rings. The number of nitrogens with one attached hydrogen (secondary N) is 1. The third kappa shape index (κ3) is 3.79. The van der Waals surface area contributed by atoms with Gasteiger partial charge in [-0.2, -0.15) is 0 Å². The Hall–Kier alpha value is -0.920. The lowest BCUT2D eigenvalue weighted by Gasteiger charge is -2.15. The highest BCUT2D eigenvalue weighted by molar-refractivity contribution is 14.1. The molecule has 100 valence electrons. The summed E-state index contributed by atoms with van der Waals surface area (Å²) in [7, 11) is 0. The second-order valence-corrected chi connectivity index (χ2v) is 5.24. The molecule has 1 amide bonds. The average molecular weight is 363 g/mol. The van der Waals surface area contributed by atoms with Gasteiger partial charge in [-0.05, 0) is 42.4 Å². The van der Waals surface area contributed by atoms with E-state index in [-0.39, 0.29) is 24.1 Å². The van der Waals surface area contributed by atoms with Crippen molar-refractivity contribution in [3.8, 4) is 0 Å². The molecule has 1 N–H and O–H groups in total. The van der Waals surface area contributed by atoms with Crippen LogP contribution in [-0.2, 0) is 11.3 Å². The van der Waals surface area contributed by atoms with Crippen molar-refractivity contribution >= 4 is 28.5 Å². The van der Waals surface area contributed by atoms with Gasteiger partial charge in [0, 0.05) is 6.04 Å². The second-order valence-electron chi connectivity index (χ2n) is 4.16. The van der Waals surface area contributed by atoms with Crippen LogP contribution in [0.15, 0.2) is 11.1 Å². The first-order chi connectivity index (χ1) is 8.49. The number of nitrogens with zero attached hydrogens (tertiary/aromatic N) is 2. The number of hydrogen-bond acceptors (Lipinski definition) is 3. The molecule has 5 nitrogen and oxygen atoms in total. The molecule has 0 unspecified atom stereocenters. The number of amides is 1. The molecule has 6 heteroatoms. The number of aryl methyl sites for hydroxylation is 1. The normalized spacial score (nSPS) is 10.7. The Morgan fingerprint density at radius 2 is 2.11 bits per heavy atom. The number of rotatable bonds is 5. The van der Waals surface area contributed by atoms with Crippen molar-refractivity contribution in [3.05, 3.63) is 25.9 Å². The van der Waals surface area contributed by atoms with Crippen LogP contribution in [0.2, 0.25) is 0 Å². The zero-order chi connectivity index (χ0) is 13.7. The van der Waals surface area contributed by atoms with E-state index >= 15 is 0 Å². The lowest BCUT2D eigenvalue weighted by molar-refractivity contribution is -0.122. The molecular formula is C12H18IN3O2. The van der Waals surface area contributed by atoms with Crippen molar-refractivity contribution in [1.82, 2.24) is 14.9 Å². The Kier molecular flexibility index (Phi) is 5.77. The fourth-order valence-electron chi connectivity index (χ4n) is 1.58. The zero-order valence-corrected chi connectivity index (χ0v) is 13.0. The third-order valence-electron chi connectivity index (χ3n) is 2.82. The summed E-state index contributed by atoms with van der Waals surface area (Å²) in [4.78, 5) is 27.8. The minimum atomic E-state index is -0.164. The van der Waals surface area contributed by atoms with Gasteiger partial charge in [0.05, 0.1) is 15.6 Å². The lowest BCUT2D eigenvalue weighted by Crippen LogP contribution is -2.38. The van der Waals surface area contributed by atoms with Gasteiger partial charge in [-0.25, -0.2) is 4.98 Å². The molecule has 0 radical (unpaired) electrons. The quantitative estimate of drug-likeness (QED) is 0.806. The van der Waals surface area contributed by atoms with E-state index < -0.39 is 0 Å². The Bertz CT molecular complexity index is 481. The topological polar surface area (TPSA) is 64.0 Å². The number of carbonyl (C=O) groups is 1. The molecule has 0 saturated heterocycles. The van der Waals surface area contributed by atoms with Crippen molar-refractivity contribution in [2.45, 2.75) is 46.2 Å². The molecule has 0 aliphatic carbocycles. The van der Waals surface area contributed by atoms with Crippen LogP contribution in [0.25, 0.3) is 0 Å². The Morgan fingerprint density at radius 1 is 1.50 bits per heavy atom. The molecule has 1 heterocycles. The Morgan fingerprint density at radius 3 is 2.67 bits per heavy atom. The van der Waals surface area contributed by atoms with Gasteiger partial charge in [0.2, 0.25) is 5.91 Å². The van der Waals surface area contributed by atoms with Gasteiger partial charge in [0.25, 0.3) is 5.56 Å². The molecule has 1 aromatic rings. The van der Waals surface area contributed by atoms with E-state index in [0.717, 1.165) is 12.8 Å². The highest BCUT2D eigenvalue weighted by atomic mass is 127. The minimum Gasteiger partial charge on any atom is -0.352 e. The maximum Gasteiger partial charge on any atom is 0.267 e. The predicted octanol–water partition coefficient (Wildman–Crippen LogP) is 1.46. The summed E-state index contributed by atoms with van der Waals surface area (Å²) in [5.74, 6) is -0.146. The molecular weight excluding hydrogens is 345 g/mol. The smallest absolute Gasteiger partial charge is 0.267 e. The summed E-state index contributed by atoms with van der Waals surface area (Å²) in [6, 6.07) is 0.172. The predicted molar refractivity (Wildman–Crippen MR) is 78.5 cm³/mol. The van der Waals surface area contributed by atoms with Crippen molar-refractivity contribution < 1.29 is 4.79 Å². The largest absolute Gasteiger partial charge is 0.352 e. The summed E-state index contributed by atoms with van der Waals surface area (Å²) < 4.78 is 1.90. The van der Waals surface area contributed by atoms with Gasteiger partial charge in [0.1, 0.15) is 6.54 Å². The highest BCUT2D eigenvalue weighted by Gasteiger charge is 2.11. The summed E-state index contributed by atoms with van der Waals surface area (Å²) in [6.07, 6.45) is 3.20. The summed E-state index contributed by atoms with van der Waals surface area (Å²) in [5, 5.41) is 2.90. The van der Waals surface area contributed by atoms with Gasteiger partial charge in [-0.15, -0.1) is 0 Å². The summed E-state index contributed by atoms with van der Waals surface area (Å²) >= 11 is 1.95. The van der Waals surface area contributed by atoms with Crippen LogP contribution < -0.4 is 10.9 Å². The molecule has 0 atom stereocenters. The Labute approximate surface area is 120 Å². The van der Waals surface area contributed by atoms with Crippen LogP contribution in [0.4, 0.5) is 0 Å². The van der Waals surface area contributed by atoms with Crippen LogP contribution in [0.3, 0.4) is 0 Å². The zero-order valence-electron chi connectivity index (χ0n) is 10.9. The monoisotopic (exact) mass is 363 g/mol. The van der Waals surface area contributed by atoms with Gasteiger partial charge >= 0.3 is 0 Å². The van der Waals surface area contributed by atoms with Crippen molar-refractivity contribution in [2.24, 2.45) is 0 Å². The van der Waals surface area contributed by atoms with E-state index in [4.69, 9.17) is 0 Å². The van der Waals surface area contributed by atoms with Crippen LogP contribution in [-0.4, -0.2) is 21.5 Å². The SMILES string of the molecule is CCC(CC)NC(=O)Cn1cnc(C)c(I)c1=O. The molecule has 0 aliphatic heterocycles. The molecule has 0 spiro atoms. The van der Waals surface area contributed by atoms with Gasteiger partial charge in [-0.3, -0.25) is 14.2 Å². The first kappa shape index (κ1) is 15.1. The minimum absolute atomic E-state index is 0.0264. The molecule has 0 saturated carbocycles. The van der Waals surface area contributed by atoms with Crippen LogP contribution >= 0.6 is 22.6 Å². The fourth-order valence-corrected chi connectivity index (χ4v) is 2.03. The molecule has 0 aromatic carbocycles. The molecule has 18 heavy (non-hydrogen) atoms. The van der Waals surface area contributed by atoms with Gasteiger partial charge in [-0.1, -0.05) is 13.8 Å². The summed E-state index contributed by atoms with van der Waals surface area (Å²) in [5.41, 5.74) is 0.528. The van der Waals surface area contributed by atoms with E-state index in [2.05, 4.69) is 10.3 Å². The van der Waals surface area contributed by atoms with Crippen LogP contribution in [0.5, 0.6) is 0 Å². The first-order valence-electron chi connectivity index (χ1n) is 6.00. The van der Waals surface area contributed by atoms with Crippen molar-refractivity contribution in [1.29, 1.82) is 0 Å². The maximum atomic E-state index is 11.9. The van der Waals surface area contributed by atoms with Gasteiger partial charge in [0.15, 0.2) is 0 Å². The number of halogens is 1. The van der Waals surface area contributed by atoms with Crippen molar-refractivity contribution in [3.63, 3.8) is 0 Å². The molecule has 1 rings (SSSR count). The maximum absolute atomic E-state index is 11.9. The standard InChI is InChI=1S/C12H18IN3O2/c1-4-9(5-2)15-10(17)6-16-7-14-8(3)11(13)12(16)18/h7,9H,4-6H2,1-3H3,(H,15,17). The molecule has 1 aromatic heterocycles. The molecule has 0 aliphatic rings. The highest BCUT2D eigenvalue weighted by Crippen LogP contribution is 2.01. The second kappa shape index (κ2) is 6.86. The van der Waals surface area contributed by atoms with Crippen LogP contribution in [0.1, 0.15) is 32.4 Å². The van der Waals surface area contributed by atoms with Gasteiger partial charge < -0.3 is 5.32 Å². The Balaban J connectivity index is 2.77. The van der Waals surface area contributed by atoms with E-state index in [9.17, 15) is 9.59 Å². The number of hydrogen-bond donors (Lipinski definition) is 1. The van der Waals surface area contributed by atoms with E-state index in [1.807, 2.05) is 36.4 Å². The van der Waals surface area contributed by atoms with E-state index in [0.29, 0.717) is 9.26 Å². The lowest BCUT2D eigenvalue weighted by atomic mass is 10.2. The summed E-state index contributed by atoms with van der Waals surface area (Å²) in [6.45, 7) is 5.85. The fraction of sp³-hybridized carbons (Fsp3) is 0.583. The van der Waals surface area contributed by atoms with E-state index in [1.54, 1.807) is 6.92 Å². The number of aromatic nitrogens is 2.